The molecule has 3 nitrogen and oxygen atoms in total. The second-order valence-electron chi connectivity index (χ2n) is 4.69. The minimum Gasteiger partial charge on any atom is -0.398 e. The summed E-state index contributed by atoms with van der Waals surface area (Å²) in [6.07, 6.45) is 0. The first-order chi connectivity index (χ1) is 9.08. The van der Waals surface area contributed by atoms with Crippen molar-refractivity contribution in [3.8, 4) is 11.4 Å². The summed E-state index contributed by atoms with van der Waals surface area (Å²) in [5, 5.41) is 0.699. The lowest BCUT2D eigenvalue weighted by Gasteiger charge is -2.07. The van der Waals surface area contributed by atoms with E-state index in [4.69, 9.17) is 17.3 Å². The second-order valence-corrected chi connectivity index (χ2v) is 5.10. The van der Waals surface area contributed by atoms with Crippen molar-refractivity contribution in [2.24, 2.45) is 7.05 Å². The third kappa shape index (κ3) is 1.87. The first kappa shape index (κ1) is 12.1. The van der Waals surface area contributed by atoms with E-state index >= 15 is 0 Å². The van der Waals surface area contributed by atoms with Crippen LogP contribution in [0.5, 0.6) is 0 Å². The number of benzene rings is 2. The molecule has 0 atom stereocenters. The Morgan fingerprint density at radius 1 is 1.21 bits per heavy atom. The van der Waals surface area contributed by atoms with E-state index in [1.54, 1.807) is 0 Å². The van der Waals surface area contributed by atoms with E-state index < -0.39 is 0 Å². The van der Waals surface area contributed by atoms with Crippen LogP contribution < -0.4 is 5.73 Å². The first-order valence-corrected chi connectivity index (χ1v) is 6.43. The fourth-order valence-corrected chi connectivity index (χ4v) is 2.62. The van der Waals surface area contributed by atoms with Gasteiger partial charge in [0.05, 0.1) is 16.1 Å². The van der Waals surface area contributed by atoms with E-state index in [9.17, 15) is 0 Å². The van der Waals surface area contributed by atoms with Crippen LogP contribution in [0.2, 0.25) is 5.02 Å². The number of halogens is 1. The van der Waals surface area contributed by atoms with Crippen molar-refractivity contribution < 1.29 is 0 Å². The van der Waals surface area contributed by atoms with Crippen molar-refractivity contribution in [2.75, 3.05) is 5.73 Å². The molecule has 0 radical (unpaired) electrons. The number of nitrogens with two attached hydrogens (primary N) is 1. The zero-order chi connectivity index (χ0) is 13.6. The Kier molecular flexibility index (Phi) is 2.72. The molecule has 0 bridgehead atoms. The summed E-state index contributed by atoms with van der Waals surface area (Å²) in [7, 11) is 1.96. The number of nitrogens with zero attached hydrogens (tertiary/aromatic N) is 2. The van der Waals surface area contributed by atoms with Gasteiger partial charge in [-0.2, -0.15) is 0 Å². The minimum atomic E-state index is 0.699. The highest BCUT2D eigenvalue weighted by Gasteiger charge is 2.14. The highest BCUT2D eigenvalue weighted by molar-refractivity contribution is 6.35. The van der Waals surface area contributed by atoms with Crippen LogP contribution in [-0.2, 0) is 7.05 Å². The van der Waals surface area contributed by atoms with E-state index in [1.165, 1.54) is 0 Å². The van der Waals surface area contributed by atoms with Crippen LogP contribution in [0.3, 0.4) is 0 Å². The topological polar surface area (TPSA) is 43.8 Å². The fourth-order valence-electron chi connectivity index (χ4n) is 2.33. The maximum atomic E-state index is 6.24. The second kappa shape index (κ2) is 4.28. The van der Waals surface area contributed by atoms with Gasteiger partial charge in [-0.3, -0.25) is 0 Å². The lowest BCUT2D eigenvalue weighted by molar-refractivity contribution is 0.959. The highest BCUT2D eigenvalue weighted by atomic mass is 35.5. The first-order valence-electron chi connectivity index (χ1n) is 6.05. The Hall–Kier alpha value is -2.00. The van der Waals surface area contributed by atoms with Gasteiger partial charge in [0.15, 0.2) is 0 Å². The number of rotatable bonds is 1. The number of fused-ring (bicyclic) bond motifs is 1. The predicted octanol–water partition coefficient (Wildman–Crippen LogP) is 3.78. The SMILES string of the molecule is Cc1ccc(N)c(-c2nc3cccc(Cl)c3n2C)c1. The van der Waals surface area contributed by atoms with Gasteiger partial charge in [-0.1, -0.05) is 29.3 Å². The highest BCUT2D eigenvalue weighted by Crippen LogP contribution is 2.31. The molecule has 19 heavy (non-hydrogen) atoms. The Bertz CT molecular complexity index is 774. The number of anilines is 1. The molecule has 4 heteroatoms. The van der Waals surface area contributed by atoms with E-state index in [-0.39, 0.29) is 0 Å². The van der Waals surface area contributed by atoms with Gasteiger partial charge in [0.25, 0.3) is 0 Å². The molecule has 3 aromatic rings. The minimum absolute atomic E-state index is 0.699. The van der Waals surface area contributed by atoms with E-state index in [1.807, 2.05) is 54.9 Å². The van der Waals surface area contributed by atoms with Crippen molar-refractivity contribution in [2.45, 2.75) is 6.92 Å². The molecule has 96 valence electrons. The van der Waals surface area contributed by atoms with Crippen LogP contribution in [0, 0.1) is 6.92 Å². The third-order valence-electron chi connectivity index (χ3n) is 3.29. The standard InChI is InChI=1S/C15H14ClN3/c1-9-6-7-12(17)10(8-9)15-18-13-5-3-4-11(16)14(13)19(15)2/h3-8H,17H2,1-2H3. The summed E-state index contributed by atoms with van der Waals surface area (Å²) in [4.78, 5) is 4.64. The quantitative estimate of drug-likeness (QED) is 0.685. The van der Waals surface area contributed by atoms with Crippen LogP contribution >= 0.6 is 11.6 Å². The lowest BCUT2D eigenvalue weighted by Crippen LogP contribution is -1.97. The number of imidazole rings is 1. The number of para-hydroxylation sites is 1. The Morgan fingerprint density at radius 3 is 2.74 bits per heavy atom. The summed E-state index contributed by atoms with van der Waals surface area (Å²) in [6, 6.07) is 11.7. The van der Waals surface area contributed by atoms with Crippen LogP contribution in [0.15, 0.2) is 36.4 Å². The molecular formula is C15H14ClN3. The number of nitrogen functional groups attached to an aromatic ring is 1. The van der Waals surface area contributed by atoms with Gasteiger partial charge in [-0.15, -0.1) is 0 Å². The zero-order valence-corrected chi connectivity index (χ0v) is 11.6. The molecule has 1 aromatic heterocycles. The fraction of sp³-hybridized carbons (Fsp3) is 0.133. The molecule has 0 aliphatic rings. The monoisotopic (exact) mass is 271 g/mol. The van der Waals surface area contributed by atoms with Crippen molar-refractivity contribution >= 4 is 28.3 Å². The molecule has 0 saturated carbocycles. The smallest absolute Gasteiger partial charge is 0.142 e. The molecule has 3 rings (SSSR count). The van der Waals surface area contributed by atoms with Crippen molar-refractivity contribution in [3.63, 3.8) is 0 Å². The number of hydrogen-bond acceptors (Lipinski definition) is 2. The largest absolute Gasteiger partial charge is 0.398 e. The average molecular weight is 272 g/mol. The van der Waals surface area contributed by atoms with Gasteiger partial charge >= 0.3 is 0 Å². The van der Waals surface area contributed by atoms with Crippen molar-refractivity contribution in [1.29, 1.82) is 0 Å². The predicted molar refractivity (Wildman–Crippen MR) is 80.3 cm³/mol. The normalized spacial score (nSPS) is 11.1. The molecule has 0 amide bonds. The van der Waals surface area contributed by atoms with Crippen LogP contribution in [0.4, 0.5) is 5.69 Å². The molecule has 1 heterocycles. The molecule has 0 unspecified atom stereocenters. The summed E-state index contributed by atoms with van der Waals surface area (Å²) in [5.74, 6) is 0.837. The maximum absolute atomic E-state index is 6.24. The molecule has 2 N–H and O–H groups in total. The van der Waals surface area contributed by atoms with Gasteiger partial charge in [0.2, 0.25) is 0 Å². The summed E-state index contributed by atoms with van der Waals surface area (Å²) >= 11 is 6.24. The molecule has 0 aliphatic carbocycles. The van der Waals surface area contributed by atoms with Crippen LogP contribution in [0.25, 0.3) is 22.4 Å². The number of aromatic nitrogens is 2. The van der Waals surface area contributed by atoms with E-state index in [2.05, 4.69) is 4.98 Å². The average Bonchev–Trinajstić information content (AvgIpc) is 2.71. The molecule has 0 spiro atoms. The zero-order valence-electron chi connectivity index (χ0n) is 10.8. The molecule has 0 saturated heterocycles. The van der Waals surface area contributed by atoms with E-state index in [0.29, 0.717) is 5.02 Å². The van der Waals surface area contributed by atoms with Gasteiger partial charge in [0.1, 0.15) is 5.82 Å². The Morgan fingerprint density at radius 2 is 2.00 bits per heavy atom. The Balaban J connectivity index is 2.34. The lowest BCUT2D eigenvalue weighted by atomic mass is 10.1. The van der Waals surface area contributed by atoms with Crippen LogP contribution in [-0.4, -0.2) is 9.55 Å². The van der Waals surface area contributed by atoms with Gasteiger partial charge in [-0.05, 0) is 31.2 Å². The maximum Gasteiger partial charge on any atom is 0.142 e. The summed E-state index contributed by atoms with van der Waals surface area (Å²) in [5.41, 5.74) is 10.7. The van der Waals surface area contributed by atoms with Crippen molar-refractivity contribution in [3.05, 3.63) is 47.0 Å². The van der Waals surface area contributed by atoms with Gasteiger partial charge < -0.3 is 10.3 Å². The molecule has 0 aliphatic heterocycles. The van der Waals surface area contributed by atoms with Crippen molar-refractivity contribution in [1.82, 2.24) is 9.55 Å². The molecule has 2 aromatic carbocycles. The van der Waals surface area contributed by atoms with Crippen LogP contribution in [0.1, 0.15) is 5.56 Å². The summed E-state index contributed by atoms with van der Waals surface area (Å²) in [6.45, 7) is 2.04. The molecular weight excluding hydrogens is 258 g/mol. The Labute approximate surface area is 116 Å². The third-order valence-corrected chi connectivity index (χ3v) is 3.60. The van der Waals surface area contributed by atoms with Gasteiger partial charge in [-0.25, -0.2) is 4.98 Å². The number of aryl methyl sites for hydroxylation is 2. The number of hydrogen-bond donors (Lipinski definition) is 1. The van der Waals surface area contributed by atoms with E-state index in [0.717, 1.165) is 33.7 Å². The molecule has 0 fully saturated rings. The van der Waals surface area contributed by atoms with Gasteiger partial charge in [0, 0.05) is 18.3 Å². The summed E-state index contributed by atoms with van der Waals surface area (Å²) < 4.78 is 1.99.